The molecule has 2 aliphatic rings. The lowest BCUT2D eigenvalue weighted by molar-refractivity contribution is -0.282. The number of likely N-dealkylation sites (tertiary alicyclic amines) is 1. The van der Waals surface area contributed by atoms with Gasteiger partial charge in [0.2, 0.25) is 0 Å². The van der Waals surface area contributed by atoms with E-state index in [9.17, 15) is 18.3 Å². The Bertz CT molecular complexity index is 294. The molecule has 0 spiro atoms. The molecule has 0 atom stereocenters. The summed E-state index contributed by atoms with van der Waals surface area (Å²) in [6.45, 7) is 1.61. The quantitative estimate of drug-likeness (QED) is 0.843. The van der Waals surface area contributed by atoms with E-state index < -0.39 is 11.8 Å². The van der Waals surface area contributed by atoms with E-state index in [1.807, 2.05) is 4.90 Å². The highest BCUT2D eigenvalue weighted by atomic mass is 19.4. The third-order valence-electron chi connectivity index (χ3n) is 4.42. The number of piperidine rings is 1. The van der Waals surface area contributed by atoms with Crippen molar-refractivity contribution in [2.75, 3.05) is 33.4 Å². The molecular weight excluding hydrogens is 247 g/mol. The number of hydrogen-bond acceptors (Lipinski definition) is 3. The van der Waals surface area contributed by atoms with Gasteiger partial charge in [-0.25, -0.2) is 0 Å². The van der Waals surface area contributed by atoms with Crippen molar-refractivity contribution in [3.8, 4) is 0 Å². The number of ether oxygens (including phenoxy) is 1. The maximum atomic E-state index is 13.0. The van der Waals surface area contributed by atoms with Crippen LogP contribution in [0, 0.1) is 5.41 Å². The van der Waals surface area contributed by atoms with Crippen molar-refractivity contribution in [3.05, 3.63) is 0 Å². The first-order chi connectivity index (χ1) is 8.36. The number of rotatable bonds is 4. The van der Waals surface area contributed by atoms with Crippen LogP contribution in [0.15, 0.2) is 0 Å². The van der Waals surface area contributed by atoms with Crippen LogP contribution in [0.25, 0.3) is 0 Å². The molecule has 6 heteroatoms. The number of aliphatic hydroxyl groups is 1. The summed E-state index contributed by atoms with van der Waals surface area (Å²) in [6, 6.07) is 0. The fourth-order valence-corrected chi connectivity index (χ4v) is 2.69. The predicted octanol–water partition coefficient (Wildman–Crippen LogP) is 1.80. The van der Waals surface area contributed by atoms with Crippen molar-refractivity contribution >= 4 is 0 Å². The van der Waals surface area contributed by atoms with Gasteiger partial charge < -0.3 is 14.7 Å². The first-order valence-electron chi connectivity index (χ1n) is 6.32. The van der Waals surface area contributed by atoms with Crippen LogP contribution in [-0.2, 0) is 4.74 Å². The standard InChI is InChI=1S/C12H20F3NO2/c1-18-11(12(13,14)15)4-6-16(7-5-11)8-10(9-17)2-3-10/h17H,2-9H2,1H3. The molecule has 3 nitrogen and oxygen atoms in total. The molecule has 1 saturated heterocycles. The largest absolute Gasteiger partial charge is 0.417 e. The van der Waals surface area contributed by atoms with Gasteiger partial charge in [0.1, 0.15) is 0 Å². The molecule has 0 aromatic carbocycles. The van der Waals surface area contributed by atoms with Crippen LogP contribution >= 0.6 is 0 Å². The number of halogens is 3. The zero-order valence-corrected chi connectivity index (χ0v) is 10.6. The van der Waals surface area contributed by atoms with Gasteiger partial charge in [-0.2, -0.15) is 13.2 Å². The highest BCUT2D eigenvalue weighted by molar-refractivity contribution is 4.99. The molecule has 0 amide bonds. The third kappa shape index (κ3) is 2.51. The molecule has 1 heterocycles. The van der Waals surface area contributed by atoms with Gasteiger partial charge in [0.05, 0.1) is 0 Å². The minimum Gasteiger partial charge on any atom is -0.396 e. The average molecular weight is 267 g/mol. The summed E-state index contributed by atoms with van der Waals surface area (Å²) in [5.41, 5.74) is -2.01. The highest BCUT2D eigenvalue weighted by Crippen LogP contribution is 2.47. The van der Waals surface area contributed by atoms with Crippen LogP contribution in [0.2, 0.25) is 0 Å². The van der Waals surface area contributed by atoms with Crippen molar-refractivity contribution < 1.29 is 23.0 Å². The second-order valence-electron chi connectivity index (χ2n) is 5.63. The number of nitrogens with zero attached hydrogens (tertiary/aromatic N) is 1. The third-order valence-corrected chi connectivity index (χ3v) is 4.42. The Balaban J connectivity index is 1.91. The Morgan fingerprint density at radius 1 is 1.17 bits per heavy atom. The summed E-state index contributed by atoms with van der Waals surface area (Å²) in [4.78, 5) is 2.02. The van der Waals surface area contributed by atoms with Crippen LogP contribution in [-0.4, -0.2) is 55.1 Å². The monoisotopic (exact) mass is 267 g/mol. The minimum atomic E-state index is -4.30. The molecule has 0 aromatic heterocycles. The molecule has 0 bridgehead atoms. The zero-order chi connectivity index (χ0) is 13.4. The Labute approximate surface area is 105 Å². The van der Waals surface area contributed by atoms with E-state index in [2.05, 4.69) is 0 Å². The van der Waals surface area contributed by atoms with Gasteiger partial charge in [-0.05, 0) is 25.7 Å². The van der Waals surface area contributed by atoms with Crippen molar-refractivity contribution in [2.24, 2.45) is 5.41 Å². The summed E-state index contributed by atoms with van der Waals surface area (Å²) in [5, 5.41) is 9.23. The molecule has 2 fully saturated rings. The fourth-order valence-electron chi connectivity index (χ4n) is 2.69. The summed E-state index contributed by atoms with van der Waals surface area (Å²) in [7, 11) is 1.14. The van der Waals surface area contributed by atoms with Gasteiger partial charge in [0.25, 0.3) is 0 Å². The summed E-state index contributed by atoms with van der Waals surface area (Å²) < 4.78 is 43.6. The van der Waals surface area contributed by atoms with Gasteiger partial charge in [0, 0.05) is 38.8 Å². The SMILES string of the molecule is COC1(C(F)(F)F)CCN(CC2(CO)CC2)CC1. The molecule has 0 unspecified atom stereocenters. The van der Waals surface area contributed by atoms with Crippen LogP contribution in [0.1, 0.15) is 25.7 Å². The van der Waals surface area contributed by atoms with Crippen molar-refractivity contribution in [3.63, 3.8) is 0 Å². The molecule has 1 N–H and O–H groups in total. The first kappa shape index (κ1) is 14.1. The van der Waals surface area contributed by atoms with Crippen LogP contribution in [0.5, 0.6) is 0 Å². The number of alkyl halides is 3. The van der Waals surface area contributed by atoms with E-state index in [0.717, 1.165) is 20.0 Å². The molecule has 1 saturated carbocycles. The molecule has 2 rings (SSSR count). The molecule has 0 radical (unpaired) electrons. The van der Waals surface area contributed by atoms with Gasteiger partial charge in [-0.15, -0.1) is 0 Å². The Morgan fingerprint density at radius 2 is 1.72 bits per heavy atom. The summed E-state index contributed by atoms with van der Waals surface area (Å²) in [6.07, 6.45) is -2.38. The lowest BCUT2D eigenvalue weighted by atomic mass is 9.89. The number of methoxy groups -OCH3 is 1. The molecule has 18 heavy (non-hydrogen) atoms. The normalized spacial score (nSPS) is 27.2. The lowest BCUT2D eigenvalue weighted by Gasteiger charge is -2.42. The highest BCUT2D eigenvalue weighted by Gasteiger charge is 2.57. The molecular formula is C12H20F3NO2. The lowest BCUT2D eigenvalue weighted by Crippen LogP contribution is -2.55. The Morgan fingerprint density at radius 3 is 2.06 bits per heavy atom. The van der Waals surface area contributed by atoms with Crippen LogP contribution in [0.4, 0.5) is 13.2 Å². The van der Waals surface area contributed by atoms with Gasteiger partial charge >= 0.3 is 6.18 Å². The first-order valence-corrected chi connectivity index (χ1v) is 6.32. The summed E-state index contributed by atoms with van der Waals surface area (Å²) >= 11 is 0. The predicted molar refractivity (Wildman–Crippen MR) is 60.2 cm³/mol. The minimum absolute atomic E-state index is 0.0193. The van der Waals surface area contributed by atoms with Gasteiger partial charge in [0.15, 0.2) is 5.60 Å². The van der Waals surface area contributed by atoms with Crippen molar-refractivity contribution in [1.29, 1.82) is 0 Å². The molecule has 0 aromatic rings. The molecule has 1 aliphatic carbocycles. The van der Waals surface area contributed by atoms with E-state index in [-0.39, 0.29) is 24.9 Å². The second kappa shape index (κ2) is 4.65. The van der Waals surface area contributed by atoms with Crippen LogP contribution < -0.4 is 0 Å². The van der Waals surface area contributed by atoms with Gasteiger partial charge in [-0.3, -0.25) is 0 Å². The van der Waals surface area contributed by atoms with E-state index in [0.29, 0.717) is 19.6 Å². The molecule has 106 valence electrons. The topological polar surface area (TPSA) is 32.7 Å². The number of aliphatic hydroxyl groups excluding tert-OH is 1. The fraction of sp³-hybridized carbons (Fsp3) is 1.00. The molecule has 1 aliphatic heterocycles. The van der Waals surface area contributed by atoms with E-state index in [4.69, 9.17) is 4.74 Å². The van der Waals surface area contributed by atoms with Crippen molar-refractivity contribution in [2.45, 2.75) is 37.5 Å². The maximum Gasteiger partial charge on any atom is 0.417 e. The second-order valence-corrected chi connectivity index (χ2v) is 5.63. The van der Waals surface area contributed by atoms with Gasteiger partial charge in [-0.1, -0.05) is 0 Å². The zero-order valence-electron chi connectivity index (χ0n) is 10.6. The Kier molecular flexibility index (Phi) is 3.64. The number of hydrogen-bond donors (Lipinski definition) is 1. The Hall–Kier alpha value is -0.330. The van der Waals surface area contributed by atoms with E-state index in [1.165, 1.54) is 0 Å². The smallest absolute Gasteiger partial charge is 0.396 e. The summed E-state index contributed by atoms with van der Waals surface area (Å²) in [5.74, 6) is 0. The van der Waals surface area contributed by atoms with Crippen LogP contribution in [0.3, 0.4) is 0 Å². The van der Waals surface area contributed by atoms with E-state index >= 15 is 0 Å². The van der Waals surface area contributed by atoms with E-state index in [1.54, 1.807) is 0 Å². The average Bonchev–Trinajstić information content (AvgIpc) is 3.09. The van der Waals surface area contributed by atoms with Crippen molar-refractivity contribution in [1.82, 2.24) is 4.90 Å². The maximum absolute atomic E-state index is 13.0.